The quantitative estimate of drug-likeness (QED) is 0.447. The zero-order chi connectivity index (χ0) is 23.3. The fourth-order valence-electron chi connectivity index (χ4n) is 4.64. The van der Waals surface area contributed by atoms with Crippen molar-refractivity contribution in [1.82, 2.24) is 5.01 Å². The van der Waals surface area contributed by atoms with Gasteiger partial charge >= 0.3 is 0 Å². The van der Waals surface area contributed by atoms with Crippen molar-refractivity contribution in [2.24, 2.45) is 5.10 Å². The van der Waals surface area contributed by atoms with Crippen LogP contribution in [0.2, 0.25) is 25.7 Å². The van der Waals surface area contributed by atoms with Crippen LogP contribution in [-0.2, 0) is 9.53 Å². The van der Waals surface area contributed by atoms with Gasteiger partial charge in [-0.1, -0.05) is 19.6 Å². The zero-order valence-electron chi connectivity index (χ0n) is 20.7. The number of carbonyl (C=O) groups is 1. The summed E-state index contributed by atoms with van der Waals surface area (Å²) in [6, 6.07) is 4.99. The van der Waals surface area contributed by atoms with Gasteiger partial charge in [0.2, 0.25) is 0 Å². The van der Waals surface area contributed by atoms with Gasteiger partial charge in [-0.2, -0.15) is 5.10 Å². The molecular weight excluding hydrogens is 420 g/mol. The lowest BCUT2D eigenvalue weighted by Gasteiger charge is -2.48. The normalized spacial score (nSPS) is 21.9. The van der Waals surface area contributed by atoms with Crippen LogP contribution in [0.4, 0.5) is 11.4 Å². The maximum atomic E-state index is 13.1. The number of hydrogen-bond donors (Lipinski definition) is 0. The first-order valence-corrected chi connectivity index (χ1v) is 15.5. The summed E-state index contributed by atoms with van der Waals surface area (Å²) < 4.78 is 11.9. The topological polar surface area (TPSA) is 57.6 Å². The molecule has 0 N–H and O–H groups in total. The van der Waals surface area contributed by atoms with Gasteiger partial charge in [0.1, 0.15) is 25.1 Å². The molecule has 1 saturated carbocycles. The highest BCUT2D eigenvalue weighted by molar-refractivity contribution is 6.76. The highest BCUT2D eigenvalue weighted by atomic mass is 28.3. The van der Waals surface area contributed by atoms with E-state index in [1.165, 1.54) is 35.5 Å². The number of nitrogens with zero attached hydrogens (tertiary/aromatic N) is 4. The van der Waals surface area contributed by atoms with Gasteiger partial charge in [0.25, 0.3) is 5.91 Å². The summed E-state index contributed by atoms with van der Waals surface area (Å²) in [5.41, 5.74) is 3.49. The minimum absolute atomic E-state index is 0.0453. The molecule has 1 aromatic rings. The lowest BCUT2D eigenvalue weighted by Crippen LogP contribution is -2.57. The van der Waals surface area contributed by atoms with Crippen LogP contribution < -0.4 is 14.5 Å². The van der Waals surface area contributed by atoms with E-state index >= 15 is 0 Å². The Hall–Kier alpha value is -2.06. The smallest absolute Gasteiger partial charge is 0.267 e. The molecule has 0 bridgehead atoms. The second kappa shape index (κ2) is 8.37. The van der Waals surface area contributed by atoms with E-state index in [9.17, 15) is 4.79 Å². The van der Waals surface area contributed by atoms with Crippen LogP contribution in [-0.4, -0.2) is 63.4 Å². The van der Waals surface area contributed by atoms with Crippen LogP contribution >= 0.6 is 0 Å². The van der Waals surface area contributed by atoms with Crippen molar-refractivity contribution in [3.8, 4) is 5.75 Å². The molecule has 0 spiro atoms. The Morgan fingerprint density at radius 2 is 2.03 bits per heavy atom. The van der Waals surface area contributed by atoms with Crippen LogP contribution in [0.3, 0.4) is 0 Å². The van der Waals surface area contributed by atoms with Crippen LogP contribution in [0, 0.1) is 6.92 Å². The molecule has 2 heterocycles. The molecule has 1 unspecified atom stereocenters. The van der Waals surface area contributed by atoms with Gasteiger partial charge in [0, 0.05) is 33.0 Å². The van der Waals surface area contributed by atoms with Crippen LogP contribution in [0.1, 0.15) is 38.7 Å². The number of anilines is 2. The number of hydrazone groups is 1. The molecule has 1 fully saturated rings. The van der Waals surface area contributed by atoms with Crippen LogP contribution in [0.15, 0.2) is 17.2 Å². The van der Waals surface area contributed by atoms with Gasteiger partial charge in [-0.15, -0.1) is 0 Å². The van der Waals surface area contributed by atoms with Crippen molar-refractivity contribution in [2.75, 3.05) is 36.8 Å². The SMILES string of the molecule is Cc1cc2c(cc1N(C)C1(C)CCC1)N1C(=NN(COCC[Si](C)(C)C)C(=O)C1C)CO2. The Balaban J connectivity index is 1.57. The lowest BCUT2D eigenvalue weighted by atomic mass is 9.77. The summed E-state index contributed by atoms with van der Waals surface area (Å²) in [5.74, 6) is 1.53. The average molecular weight is 459 g/mol. The number of amidine groups is 1. The molecule has 7 nitrogen and oxygen atoms in total. The van der Waals surface area contributed by atoms with E-state index in [0.29, 0.717) is 13.2 Å². The van der Waals surface area contributed by atoms with Crippen molar-refractivity contribution in [1.29, 1.82) is 0 Å². The van der Waals surface area contributed by atoms with Gasteiger partial charge < -0.3 is 19.3 Å². The minimum atomic E-state index is -1.17. The molecule has 1 atom stereocenters. The lowest BCUT2D eigenvalue weighted by molar-refractivity contribution is -0.138. The molecular formula is C24H38N4O3Si. The van der Waals surface area contributed by atoms with Crippen molar-refractivity contribution in [3.63, 3.8) is 0 Å². The fraction of sp³-hybridized carbons (Fsp3) is 0.667. The maximum absolute atomic E-state index is 13.1. The monoisotopic (exact) mass is 458 g/mol. The molecule has 1 aromatic carbocycles. The van der Waals surface area contributed by atoms with E-state index in [0.717, 1.165) is 23.3 Å². The minimum Gasteiger partial charge on any atom is -0.483 e. The first-order valence-electron chi connectivity index (χ1n) is 11.8. The predicted molar refractivity (Wildman–Crippen MR) is 133 cm³/mol. The third-order valence-electron chi connectivity index (χ3n) is 7.22. The number of aryl methyl sites for hydroxylation is 1. The van der Waals surface area contributed by atoms with E-state index in [1.807, 2.05) is 11.8 Å². The summed E-state index contributed by atoms with van der Waals surface area (Å²) in [6.45, 7) is 14.6. The molecule has 1 amide bonds. The molecule has 8 heteroatoms. The first kappa shape index (κ1) is 23.1. The van der Waals surface area contributed by atoms with E-state index in [4.69, 9.17) is 9.47 Å². The van der Waals surface area contributed by atoms with E-state index in [-0.39, 0.29) is 24.2 Å². The highest BCUT2D eigenvalue weighted by Gasteiger charge is 2.41. The number of benzene rings is 1. The van der Waals surface area contributed by atoms with Crippen molar-refractivity contribution >= 4 is 31.2 Å². The highest BCUT2D eigenvalue weighted by Crippen LogP contribution is 2.45. The van der Waals surface area contributed by atoms with Crippen molar-refractivity contribution in [2.45, 2.75) is 77.3 Å². The molecule has 0 saturated heterocycles. The Morgan fingerprint density at radius 3 is 2.66 bits per heavy atom. The maximum Gasteiger partial charge on any atom is 0.267 e. The number of hydrogen-bond acceptors (Lipinski definition) is 6. The van der Waals surface area contributed by atoms with Gasteiger partial charge in [-0.3, -0.25) is 4.79 Å². The third-order valence-corrected chi connectivity index (χ3v) is 8.92. The number of rotatable bonds is 7. The molecule has 0 radical (unpaired) electrons. The van der Waals surface area contributed by atoms with Crippen molar-refractivity contribution < 1.29 is 14.3 Å². The summed E-state index contributed by atoms with van der Waals surface area (Å²) >= 11 is 0. The molecule has 176 valence electrons. The Bertz CT molecular complexity index is 923. The van der Waals surface area contributed by atoms with Gasteiger partial charge in [0.05, 0.1) is 5.69 Å². The predicted octanol–water partition coefficient (Wildman–Crippen LogP) is 4.43. The molecule has 2 aliphatic heterocycles. The van der Waals surface area contributed by atoms with Gasteiger partial charge in [0.15, 0.2) is 5.84 Å². The standard InChI is InChI=1S/C24H38N4O3Si/c1-17-13-21-20(14-19(17)26(4)24(3)9-8-10-24)28-18(2)23(29)27(25-22(28)15-31-21)16-30-11-12-32(5,6)7/h13-14,18H,8-12,15-16H2,1-7H3. The second-order valence-corrected chi connectivity index (χ2v) is 16.6. The number of fused-ring (bicyclic) bond motifs is 3. The van der Waals surface area contributed by atoms with Crippen molar-refractivity contribution in [3.05, 3.63) is 17.7 Å². The summed E-state index contributed by atoms with van der Waals surface area (Å²) in [6.07, 6.45) is 3.68. The molecule has 3 aliphatic rings. The summed E-state index contributed by atoms with van der Waals surface area (Å²) in [7, 11) is 1.01. The average Bonchev–Trinajstić information content (AvgIpc) is 2.70. The van der Waals surface area contributed by atoms with E-state index in [1.54, 1.807) is 0 Å². The number of amides is 1. The molecule has 4 rings (SSSR count). The molecule has 32 heavy (non-hydrogen) atoms. The Kier molecular flexibility index (Phi) is 6.05. The molecule has 1 aliphatic carbocycles. The Labute approximate surface area is 193 Å². The van der Waals surface area contributed by atoms with E-state index < -0.39 is 8.07 Å². The van der Waals surface area contributed by atoms with Crippen LogP contribution in [0.25, 0.3) is 0 Å². The van der Waals surface area contributed by atoms with Gasteiger partial charge in [-0.05, 0) is 63.8 Å². The first-order chi connectivity index (χ1) is 15.0. The largest absolute Gasteiger partial charge is 0.483 e. The Morgan fingerprint density at radius 1 is 1.31 bits per heavy atom. The van der Waals surface area contributed by atoms with E-state index in [2.05, 4.69) is 62.7 Å². The number of ether oxygens (including phenoxy) is 2. The fourth-order valence-corrected chi connectivity index (χ4v) is 5.39. The second-order valence-electron chi connectivity index (χ2n) is 11.0. The van der Waals surface area contributed by atoms with Gasteiger partial charge in [-0.25, -0.2) is 5.01 Å². The number of carbonyl (C=O) groups excluding carboxylic acids is 1. The summed E-state index contributed by atoms with van der Waals surface area (Å²) in [5, 5.41) is 6.08. The summed E-state index contributed by atoms with van der Waals surface area (Å²) in [4.78, 5) is 17.6. The molecule has 0 aromatic heterocycles. The van der Waals surface area contributed by atoms with Crippen LogP contribution in [0.5, 0.6) is 5.75 Å². The zero-order valence-corrected chi connectivity index (χ0v) is 21.7. The third kappa shape index (κ3) is 4.27.